The third kappa shape index (κ3) is 2.62. The fourth-order valence-electron chi connectivity index (χ4n) is 1.04. The van der Waals surface area contributed by atoms with Crippen LogP contribution in [0.4, 0.5) is 4.39 Å². The van der Waals surface area contributed by atoms with E-state index in [4.69, 9.17) is 0 Å². The molecule has 0 unspecified atom stereocenters. The summed E-state index contributed by atoms with van der Waals surface area (Å²) in [4.78, 5) is 0.915. The van der Waals surface area contributed by atoms with Gasteiger partial charge in [0, 0.05) is 4.88 Å². The van der Waals surface area contributed by atoms with Crippen molar-refractivity contribution in [3.05, 3.63) is 22.1 Å². The summed E-state index contributed by atoms with van der Waals surface area (Å²) in [5.74, 6) is -0.0221. The Kier molecular flexibility index (Phi) is 3.57. The van der Waals surface area contributed by atoms with Gasteiger partial charge in [0.15, 0.2) is 0 Å². The van der Waals surface area contributed by atoms with Gasteiger partial charge in [-0.2, -0.15) is 0 Å². The Bertz CT molecular complexity index is 205. The van der Waals surface area contributed by atoms with Crippen LogP contribution >= 0.6 is 11.3 Å². The van der Waals surface area contributed by atoms with Crippen molar-refractivity contribution in [3.63, 3.8) is 0 Å². The molecule has 0 radical (unpaired) electrons. The van der Waals surface area contributed by atoms with Gasteiger partial charge in [-0.3, -0.25) is 0 Å². The van der Waals surface area contributed by atoms with Crippen LogP contribution in [0.1, 0.15) is 31.1 Å². The number of hydrogen-bond donors (Lipinski definition) is 0. The molecule has 1 aromatic rings. The minimum absolute atomic E-state index is 0.0221. The van der Waals surface area contributed by atoms with Crippen LogP contribution in [-0.2, 0) is 6.42 Å². The van der Waals surface area contributed by atoms with Gasteiger partial charge in [-0.05, 0) is 24.3 Å². The van der Waals surface area contributed by atoms with Crippen molar-refractivity contribution in [2.24, 2.45) is 0 Å². The first-order valence-electron chi connectivity index (χ1n) is 4.06. The number of hydrogen-bond acceptors (Lipinski definition) is 1. The zero-order valence-corrected chi connectivity index (χ0v) is 7.59. The normalized spacial score (nSPS) is 10.4. The maximum absolute atomic E-state index is 12.8. The molecular formula is C9H13FS. The van der Waals surface area contributed by atoms with Crippen LogP contribution in [0.3, 0.4) is 0 Å². The topological polar surface area (TPSA) is 0 Å². The molecule has 1 heterocycles. The molecule has 0 fully saturated rings. The van der Waals surface area contributed by atoms with Gasteiger partial charge in [-0.25, -0.2) is 4.39 Å². The summed E-state index contributed by atoms with van der Waals surface area (Å²) in [6, 6.07) is 1.55. The van der Waals surface area contributed by atoms with Crippen LogP contribution < -0.4 is 0 Å². The molecule has 0 atom stereocenters. The van der Waals surface area contributed by atoms with Gasteiger partial charge in [-0.1, -0.05) is 19.8 Å². The summed E-state index contributed by atoms with van der Waals surface area (Å²) in [7, 11) is 0. The molecule has 0 aliphatic rings. The van der Waals surface area contributed by atoms with Crippen molar-refractivity contribution in [2.75, 3.05) is 0 Å². The highest BCUT2D eigenvalue weighted by Gasteiger charge is 2.01. The van der Waals surface area contributed by atoms with Crippen molar-refractivity contribution >= 4 is 11.3 Å². The Hall–Kier alpha value is -0.370. The number of rotatable bonds is 4. The summed E-state index contributed by atoms with van der Waals surface area (Å²) in [6.07, 6.45) is 4.44. The van der Waals surface area contributed by atoms with E-state index in [9.17, 15) is 4.39 Å². The maximum atomic E-state index is 12.8. The standard InChI is InChI=1S/C9H13FS/c1-2-3-4-5-9-8(10)6-7-11-9/h6-7H,2-5H2,1H3. The SMILES string of the molecule is CCCCCc1sccc1F. The van der Waals surface area contributed by atoms with E-state index >= 15 is 0 Å². The summed E-state index contributed by atoms with van der Waals surface area (Å²) in [5.41, 5.74) is 0. The molecule has 11 heavy (non-hydrogen) atoms. The molecule has 1 rings (SSSR count). The molecule has 2 heteroatoms. The van der Waals surface area contributed by atoms with Crippen molar-refractivity contribution in [1.29, 1.82) is 0 Å². The highest BCUT2D eigenvalue weighted by molar-refractivity contribution is 7.09. The van der Waals surface area contributed by atoms with E-state index in [0.29, 0.717) is 0 Å². The quantitative estimate of drug-likeness (QED) is 0.608. The van der Waals surface area contributed by atoms with E-state index < -0.39 is 0 Å². The molecule has 0 aromatic carbocycles. The zero-order valence-electron chi connectivity index (χ0n) is 6.77. The predicted molar refractivity (Wildman–Crippen MR) is 47.5 cm³/mol. The number of thiophene rings is 1. The summed E-state index contributed by atoms with van der Waals surface area (Å²) in [6.45, 7) is 2.16. The second-order valence-electron chi connectivity index (χ2n) is 2.65. The van der Waals surface area contributed by atoms with Crippen LogP contribution in [0.15, 0.2) is 11.4 Å². The van der Waals surface area contributed by atoms with Crippen LogP contribution in [-0.4, -0.2) is 0 Å². The van der Waals surface area contributed by atoms with Crippen LogP contribution in [0.25, 0.3) is 0 Å². The summed E-state index contributed by atoms with van der Waals surface area (Å²) < 4.78 is 12.8. The zero-order chi connectivity index (χ0) is 8.10. The van der Waals surface area contributed by atoms with Crippen molar-refractivity contribution < 1.29 is 4.39 Å². The van der Waals surface area contributed by atoms with E-state index in [2.05, 4.69) is 6.92 Å². The number of unbranched alkanes of at least 4 members (excludes halogenated alkanes) is 2. The summed E-state index contributed by atoms with van der Waals surface area (Å²) >= 11 is 1.52. The molecule has 0 nitrogen and oxygen atoms in total. The molecule has 0 aliphatic heterocycles. The molecule has 0 bridgehead atoms. The van der Waals surface area contributed by atoms with E-state index in [1.165, 1.54) is 24.2 Å². The Labute approximate surface area is 71.1 Å². The summed E-state index contributed by atoms with van der Waals surface area (Å²) in [5, 5.41) is 1.82. The average Bonchev–Trinajstić information content (AvgIpc) is 2.37. The Morgan fingerprint density at radius 1 is 1.45 bits per heavy atom. The second kappa shape index (κ2) is 4.50. The van der Waals surface area contributed by atoms with E-state index in [1.54, 1.807) is 6.07 Å². The molecule has 0 amide bonds. The molecule has 0 N–H and O–H groups in total. The average molecular weight is 172 g/mol. The minimum Gasteiger partial charge on any atom is -0.206 e. The lowest BCUT2D eigenvalue weighted by atomic mass is 10.2. The predicted octanol–water partition coefficient (Wildman–Crippen LogP) is 3.62. The molecule has 62 valence electrons. The van der Waals surface area contributed by atoms with Crippen molar-refractivity contribution in [1.82, 2.24) is 0 Å². The van der Waals surface area contributed by atoms with Gasteiger partial charge in [0.1, 0.15) is 5.82 Å². The van der Waals surface area contributed by atoms with Gasteiger partial charge >= 0.3 is 0 Å². The van der Waals surface area contributed by atoms with E-state index in [0.717, 1.165) is 17.7 Å². The van der Waals surface area contributed by atoms with Crippen LogP contribution in [0.5, 0.6) is 0 Å². The lowest BCUT2D eigenvalue weighted by Gasteiger charge is -1.95. The molecule has 0 aliphatic carbocycles. The number of aryl methyl sites for hydroxylation is 1. The van der Waals surface area contributed by atoms with E-state index in [-0.39, 0.29) is 5.82 Å². The van der Waals surface area contributed by atoms with Crippen molar-refractivity contribution in [3.8, 4) is 0 Å². The lowest BCUT2D eigenvalue weighted by Crippen LogP contribution is -1.83. The van der Waals surface area contributed by atoms with Gasteiger partial charge in [0.2, 0.25) is 0 Å². The van der Waals surface area contributed by atoms with Crippen LogP contribution in [0, 0.1) is 5.82 Å². The fraction of sp³-hybridized carbons (Fsp3) is 0.556. The van der Waals surface area contributed by atoms with Crippen LogP contribution in [0.2, 0.25) is 0 Å². The van der Waals surface area contributed by atoms with Gasteiger partial charge in [0.25, 0.3) is 0 Å². The van der Waals surface area contributed by atoms with Gasteiger partial charge in [0.05, 0.1) is 0 Å². The van der Waals surface area contributed by atoms with Gasteiger partial charge in [-0.15, -0.1) is 11.3 Å². The first-order valence-corrected chi connectivity index (χ1v) is 4.94. The highest BCUT2D eigenvalue weighted by atomic mass is 32.1. The third-order valence-electron chi connectivity index (χ3n) is 1.70. The van der Waals surface area contributed by atoms with Crippen molar-refractivity contribution in [2.45, 2.75) is 32.6 Å². The highest BCUT2D eigenvalue weighted by Crippen LogP contribution is 2.17. The maximum Gasteiger partial charge on any atom is 0.137 e. The molecule has 0 spiro atoms. The molecular weight excluding hydrogens is 159 g/mol. The molecule has 0 saturated heterocycles. The lowest BCUT2D eigenvalue weighted by molar-refractivity contribution is 0.608. The molecule has 0 saturated carbocycles. The second-order valence-corrected chi connectivity index (χ2v) is 3.65. The Morgan fingerprint density at radius 2 is 2.27 bits per heavy atom. The Balaban J connectivity index is 2.32. The monoisotopic (exact) mass is 172 g/mol. The fourth-order valence-corrected chi connectivity index (χ4v) is 1.83. The van der Waals surface area contributed by atoms with Gasteiger partial charge < -0.3 is 0 Å². The van der Waals surface area contributed by atoms with E-state index in [1.807, 2.05) is 5.38 Å². The Morgan fingerprint density at radius 3 is 2.82 bits per heavy atom. The number of halogens is 1. The molecule has 1 aromatic heterocycles. The smallest absolute Gasteiger partial charge is 0.137 e. The minimum atomic E-state index is -0.0221. The third-order valence-corrected chi connectivity index (χ3v) is 2.65. The first kappa shape index (κ1) is 8.72. The largest absolute Gasteiger partial charge is 0.206 e. The first-order chi connectivity index (χ1) is 5.34.